The van der Waals surface area contributed by atoms with Gasteiger partial charge in [-0.25, -0.2) is 8.42 Å². The van der Waals surface area contributed by atoms with Crippen LogP contribution >= 0.6 is 15.9 Å². The fraction of sp³-hybridized carbons (Fsp3) is 0.588. The first kappa shape index (κ1) is 20.4. The van der Waals surface area contributed by atoms with Crippen LogP contribution in [0, 0.1) is 6.92 Å². The fourth-order valence-electron chi connectivity index (χ4n) is 2.68. The Labute approximate surface area is 158 Å². The lowest BCUT2D eigenvalue weighted by Crippen LogP contribution is -2.51. The van der Waals surface area contributed by atoms with Crippen molar-refractivity contribution in [3.8, 4) is 0 Å². The van der Waals surface area contributed by atoms with Crippen LogP contribution < -0.4 is 5.32 Å². The molecule has 0 spiro atoms. The van der Waals surface area contributed by atoms with E-state index in [2.05, 4.69) is 21.2 Å². The van der Waals surface area contributed by atoms with Crippen molar-refractivity contribution in [2.75, 3.05) is 32.7 Å². The summed E-state index contributed by atoms with van der Waals surface area (Å²) < 4.78 is 27.9. The molecule has 1 aliphatic heterocycles. The number of aryl methyl sites for hydroxylation is 1. The van der Waals surface area contributed by atoms with Crippen molar-refractivity contribution < 1.29 is 13.2 Å². The highest BCUT2D eigenvalue weighted by molar-refractivity contribution is 9.10. The summed E-state index contributed by atoms with van der Waals surface area (Å²) >= 11 is 3.39. The molecule has 140 valence electrons. The van der Waals surface area contributed by atoms with E-state index < -0.39 is 10.0 Å². The first-order valence-electron chi connectivity index (χ1n) is 8.52. The molecule has 25 heavy (non-hydrogen) atoms. The summed E-state index contributed by atoms with van der Waals surface area (Å²) in [6.07, 6.45) is 0.893. The zero-order valence-corrected chi connectivity index (χ0v) is 17.4. The molecule has 0 aliphatic carbocycles. The van der Waals surface area contributed by atoms with Gasteiger partial charge in [0.15, 0.2) is 0 Å². The van der Waals surface area contributed by atoms with Gasteiger partial charge in [-0.15, -0.1) is 0 Å². The Morgan fingerprint density at radius 2 is 1.92 bits per heavy atom. The number of carbonyl (C=O) groups excluding carboxylic acids is 1. The smallest absolute Gasteiger partial charge is 0.243 e. The highest BCUT2D eigenvalue weighted by atomic mass is 79.9. The Kier molecular flexibility index (Phi) is 7.01. The summed E-state index contributed by atoms with van der Waals surface area (Å²) in [5.41, 5.74) is 0.890. The third-order valence-electron chi connectivity index (χ3n) is 4.49. The van der Waals surface area contributed by atoms with Gasteiger partial charge in [-0.3, -0.25) is 9.69 Å². The molecular formula is C17H26BrN3O3S. The molecule has 1 saturated heterocycles. The second kappa shape index (κ2) is 8.62. The molecule has 1 heterocycles. The van der Waals surface area contributed by atoms with Gasteiger partial charge in [0.1, 0.15) is 0 Å². The lowest BCUT2D eigenvalue weighted by molar-refractivity contribution is -0.123. The minimum absolute atomic E-state index is 0.00538. The van der Waals surface area contributed by atoms with E-state index in [-0.39, 0.29) is 11.9 Å². The van der Waals surface area contributed by atoms with Gasteiger partial charge in [0, 0.05) is 36.7 Å². The van der Waals surface area contributed by atoms with Gasteiger partial charge in [0.2, 0.25) is 15.9 Å². The Morgan fingerprint density at radius 3 is 2.48 bits per heavy atom. The number of nitrogens with one attached hydrogen (secondary N) is 1. The molecule has 0 radical (unpaired) electrons. The van der Waals surface area contributed by atoms with Crippen molar-refractivity contribution in [2.45, 2.75) is 38.1 Å². The van der Waals surface area contributed by atoms with E-state index in [9.17, 15) is 13.2 Å². The van der Waals surface area contributed by atoms with E-state index in [1.807, 2.05) is 25.7 Å². The van der Waals surface area contributed by atoms with Crippen LogP contribution in [-0.2, 0) is 14.8 Å². The molecule has 1 unspecified atom stereocenters. The van der Waals surface area contributed by atoms with Crippen molar-refractivity contribution in [3.05, 3.63) is 28.2 Å². The Morgan fingerprint density at radius 1 is 1.28 bits per heavy atom. The highest BCUT2D eigenvalue weighted by Crippen LogP contribution is 2.23. The Hall–Kier alpha value is -0.960. The summed E-state index contributed by atoms with van der Waals surface area (Å²) in [7, 11) is -3.49. The monoisotopic (exact) mass is 431 g/mol. The van der Waals surface area contributed by atoms with Gasteiger partial charge < -0.3 is 5.32 Å². The summed E-state index contributed by atoms with van der Waals surface area (Å²) in [5, 5.41) is 2.94. The summed E-state index contributed by atoms with van der Waals surface area (Å²) in [6.45, 7) is 8.10. The largest absolute Gasteiger partial charge is 0.353 e. The predicted octanol–water partition coefficient (Wildman–Crippen LogP) is 1.98. The minimum Gasteiger partial charge on any atom is -0.353 e. The van der Waals surface area contributed by atoms with E-state index >= 15 is 0 Å². The molecule has 1 aromatic carbocycles. The summed E-state index contributed by atoms with van der Waals surface area (Å²) in [4.78, 5) is 14.3. The van der Waals surface area contributed by atoms with Crippen LogP contribution in [0.1, 0.15) is 25.8 Å². The Balaban J connectivity index is 1.94. The first-order valence-corrected chi connectivity index (χ1v) is 10.8. The molecule has 1 atom stereocenters. The van der Waals surface area contributed by atoms with Crippen LogP contribution in [-0.4, -0.2) is 62.3 Å². The first-order chi connectivity index (χ1) is 11.7. The van der Waals surface area contributed by atoms with Gasteiger partial charge in [-0.1, -0.05) is 22.9 Å². The molecule has 6 nitrogen and oxygen atoms in total. The topological polar surface area (TPSA) is 69.7 Å². The van der Waals surface area contributed by atoms with Gasteiger partial charge in [-0.05, 0) is 44.0 Å². The van der Waals surface area contributed by atoms with Crippen LogP contribution in [0.4, 0.5) is 0 Å². The number of halogens is 1. The number of carbonyl (C=O) groups is 1. The minimum atomic E-state index is -3.49. The van der Waals surface area contributed by atoms with E-state index in [0.717, 1.165) is 16.5 Å². The third kappa shape index (κ3) is 5.26. The van der Waals surface area contributed by atoms with Gasteiger partial charge >= 0.3 is 0 Å². The molecule has 0 saturated carbocycles. The van der Waals surface area contributed by atoms with E-state index in [1.165, 1.54) is 4.31 Å². The van der Waals surface area contributed by atoms with Crippen molar-refractivity contribution in [1.29, 1.82) is 0 Å². The lowest BCUT2D eigenvalue weighted by atomic mass is 10.2. The number of amides is 1. The van der Waals surface area contributed by atoms with Crippen molar-refractivity contribution in [2.24, 2.45) is 0 Å². The standard InChI is InChI=1S/C17H26BrN3O3S/c1-4-14(3)19-17(22)12-20-7-9-21(10-8-20)25(23,24)15-5-6-16(18)13(2)11-15/h5-6,11,14H,4,7-10,12H2,1-3H3,(H,19,22). The van der Waals surface area contributed by atoms with Crippen molar-refractivity contribution in [3.63, 3.8) is 0 Å². The van der Waals surface area contributed by atoms with Crippen LogP contribution in [0.2, 0.25) is 0 Å². The van der Waals surface area contributed by atoms with E-state index in [0.29, 0.717) is 37.6 Å². The quantitative estimate of drug-likeness (QED) is 0.747. The molecule has 0 bridgehead atoms. The lowest BCUT2D eigenvalue weighted by Gasteiger charge is -2.33. The molecule has 1 N–H and O–H groups in total. The normalized spacial score (nSPS) is 18.1. The zero-order valence-electron chi connectivity index (χ0n) is 15.0. The van der Waals surface area contributed by atoms with Crippen molar-refractivity contribution >= 4 is 31.9 Å². The average molecular weight is 432 g/mol. The molecular weight excluding hydrogens is 406 g/mol. The maximum Gasteiger partial charge on any atom is 0.243 e. The second-order valence-corrected chi connectivity index (χ2v) is 9.26. The van der Waals surface area contributed by atoms with E-state index in [4.69, 9.17) is 0 Å². The predicted molar refractivity (Wildman–Crippen MR) is 102 cm³/mol. The summed E-state index contributed by atoms with van der Waals surface area (Å²) in [5.74, 6) is -0.00538. The number of nitrogens with zero attached hydrogens (tertiary/aromatic N) is 2. The van der Waals surface area contributed by atoms with Gasteiger partial charge in [-0.2, -0.15) is 4.31 Å². The molecule has 1 fully saturated rings. The molecule has 1 aromatic rings. The van der Waals surface area contributed by atoms with Gasteiger partial charge in [0.05, 0.1) is 11.4 Å². The fourth-order valence-corrected chi connectivity index (χ4v) is 4.43. The number of benzene rings is 1. The van der Waals surface area contributed by atoms with Crippen LogP contribution in [0.15, 0.2) is 27.6 Å². The SMILES string of the molecule is CCC(C)NC(=O)CN1CCN(S(=O)(=O)c2ccc(Br)c(C)c2)CC1. The molecule has 1 aliphatic rings. The maximum absolute atomic E-state index is 12.8. The number of hydrogen-bond acceptors (Lipinski definition) is 4. The third-order valence-corrected chi connectivity index (χ3v) is 7.27. The molecule has 2 rings (SSSR count). The Bertz CT molecular complexity index is 716. The maximum atomic E-state index is 12.8. The number of hydrogen-bond donors (Lipinski definition) is 1. The number of rotatable bonds is 6. The van der Waals surface area contributed by atoms with Crippen LogP contribution in [0.5, 0.6) is 0 Å². The molecule has 1 amide bonds. The van der Waals surface area contributed by atoms with Crippen molar-refractivity contribution in [1.82, 2.24) is 14.5 Å². The van der Waals surface area contributed by atoms with Crippen LogP contribution in [0.3, 0.4) is 0 Å². The number of piperazine rings is 1. The van der Waals surface area contributed by atoms with Crippen LogP contribution in [0.25, 0.3) is 0 Å². The van der Waals surface area contributed by atoms with Gasteiger partial charge in [0.25, 0.3) is 0 Å². The highest BCUT2D eigenvalue weighted by Gasteiger charge is 2.29. The van der Waals surface area contributed by atoms with E-state index in [1.54, 1.807) is 18.2 Å². The number of sulfonamides is 1. The molecule has 8 heteroatoms. The molecule has 0 aromatic heterocycles. The zero-order chi connectivity index (χ0) is 18.6. The summed E-state index contributed by atoms with van der Waals surface area (Å²) in [6, 6.07) is 5.23. The second-order valence-electron chi connectivity index (χ2n) is 6.47. The average Bonchev–Trinajstić information content (AvgIpc) is 2.57.